The molecule has 0 aliphatic rings. The van der Waals surface area contributed by atoms with Crippen LogP contribution in [0.1, 0.15) is 20.8 Å². The summed E-state index contributed by atoms with van der Waals surface area (Å²) in [6, 6.07) is 6.47. The smallest absolute Gasteiger partial charge is 0.321 e. The van der Waals surface area contributed by atoms with Crippen molar-refractivity contribution in [3.63, 3.8) is 0 Å². The van der Waals surface area contributed by atoms with Crippen LogP contribution in [0.15, 0.2) is 28.7 Å². The fraction of sp³-hybridized carbons (Fsp3) is 0.154. The Hall–Kier alpha value is -1.73. The number of hydrogen-bond donors (Lipinski definition) is 1. The lowest BCUT2D eigenvalue weighted by atomic mass is 10.1. The molecule has 0 aliphatic carbocycles. The van der Waals surface area contributed by atoms with E-state index < -0.39 is 4.92 Å². The molecule has 0 radical (unpaired) electrons. The highest BCUT2D eigenvalue weighted by Crippen LogP contribution is 2.27. The zero-order valence-corrected chi connectivity index (χ0v) is 13.2. The number of aryl methyl sites for hydroxylation is 2. The summed E-state index contributed by atoms with van der Waals surface area (Å²) in [6.45, 7) is 3.87. The average Bonchev–Trinajstić information content (AvgIpc) is 2.85. The lowest BCUT2D eigenvalue weighted by Gasteiger charge is -2.08. The second-order valence-corrected chi connectivity index (χ2v) is 6.13. The Kier molecular flexibility index (Phi) is 4.20. The molecule has 5 nitrogen and oxygen atoms in total. The number of carbonyl (C=O) groups is 1. The predicted molar refractivity (Wildman–Crippen MR) is 82.5 cm³/mol. The quantitative estimate of drug-likeness (QED) is 0.660. The van der Waals surface area contributed by atoms with Gasteiger partial charge in [0.1, 0.15) is 0 Å². The van der Waals surface area contributed by atoms with Gasteiger partial charge in [0.2, 0.25) is 0 Å². The van der Waals surface area contributed by atoms with Crippen LogP contribution in [-0.2, 0) is 0 Å². The molecule has 0 unspecified atom stereocenters. The molecular weight excluding hydrogens is 344 g/mol. The standard InChI is InChI=1S/C13H11BrN2O3S/c1-7-5-9(6-8(2)12(7)14)15-13(17)10-3-4-11(20-10)16(18)19/h3-6H,1-2H3,(H,15,17). The molecule has 1 amide bonds. The molecule has 2 rings (SSSR count). The molecule has 0 spiro atoms. The molecule has 1 aromatic heterocycles. The minimum atomic E-state index is -0.505. The molecule has 0 saturated heterocycles. The van der Waals surface area contributed by atoms with E-state index in [1.165, 1.54) is 12.1 Å². The highest BCUT2D eigenvalue weighted by Gasteiger charge is 2.15. The lowest BCUT2D eigenvalue weighted by Crippen LogP contribution is -2.10. The van der Waals surface area contributed by atoms with Crippen molar-refractivity contribution in [3.8, 4) is 0 Å². The van der Waals surface area contributed by atoms with E-state index >= 15 is 0 Å². The summed E-state index contributed by atoms with van der Waals surface area (Å²) in [6.07, 6.45) is 0. The maximum Gasteiger partial charge on any atom is 0.324 e. The van der Waals surface area contributed by atoms with Crippen LogP contribution in [-0.4, -0.2) is 10.8 Å². The van der Waals surface area contributed by atoms with Gasteiger partial charge in [-0.3, -0.25) is 14.9 Å². The van der Waals surface area contributed by atoms with Gasteiger partial charge >= 0.3 is 5.00 Å². The van der Waals surface area contributed by atoms with Crippen molar-refractivity contribution < 1.29 is 9.72 Å². The summed E-state index contributed by atoms with van der Waals surface area (Å²) in [5.41, 5.74) is 2.69. The monoisotopic (exact) mass is 354 g/mol. The van der Waals surface area contributed by atoms with Gasteiger partial charge in [0.05, 0.1) is 9.80 Å². The fourth-order valence-corrected chi connectivity index (χ4v) is 2.70. The van der Waals surface area contributed by atoms with E-state index in [2.05, 4.69) is 21.2 Å². The van der Waals surface area contributed by atoms with Crippen molar-refractivity contribution in [3.05, 3.63) is 54.9 Å². The Morgan fingerprint density at radius 1 is 1.30 bits per heavy atom. The Morgan fingerprint density at radius 2 is 1.90 bits per heavy atom. The highest BCUT2D eigenvalue weighted by molar-refractivity contribution is 9.10. The number of nitro groups is 1. The van der Waals surface area contributed by atoms with Crippen LogP contribution >= 0.6 is 27.3 Å². The number of halogens is 1. The summed E-state index contributed by atoms with van der Waals surface area (Å²) in [4.78, 5) is 22.4. The van der Waals surface area contributed by atoms with Crippen LogP contribution in [0.4, 0.5) is 10.7 Å². The minimum absolute atomic E-state index is 0.0432. The topological polar surface area (TPSA) is 72.2 Å². The normalized spacial score (nSPS) is 10.3. The van der Waals surface area contributed by atoms with Gasteiger partial charge in [0.15, 0.2) is 0 Å². The van der Waals surface area contributed by atoms with E-state index in [1.807, 2.05) is 26.0 Å². The van der Waals surface area contributed by atoms with Crippen LogP contribution in [0.25, 0.3) is 0 Å². The molecule has 1 N–H and O–H groups in total. The largest absolute Gasteiger partial charge is 0.324 e. The third-order valence-corrected chi connectivity index (χ3v) is 4.98. The van der Waals surface area contributed by atoms with Crippen molar-refractivity contribution in [2.45, 2.75) is 13.8 Å². The second-order valence-electron chi connectivity index (χ2n) is 4.27. The molecule has 1 aromatic carbocycles. The lowest BCUT2D eigenvalue weighted by molar-refractivity contribution is -0.380. The zero-order chi connectivity index (χ0) is 14.9. The predicted octanol–water partition coefficient (Wildman–Crippen LogP) is 4.29. The highest BCUT2D eigenvalue weighted by atomic mass is 79.9. The van der Waals surface area contributed by atoms with Crippen molar-refractivity contribution in [1.82, 2.24) is 0 Å². The first-order valence-corrected chi connectivity index (χ1v) is 7.31. The number of rotatable bonds is 3. The van der Waals surface area contributed by atoms with Gasteiger partial charge in [-0.05, 0) is 43.2 Å². The first-order chi connectivity index (χ1) is 9.38. The number of nitrogens with one attached hydrogen (secondary N) is 1. The minimum Gasteiger partial charge on any atom is -0.321 e. The summed E-state index contributed by atoms with van der Waals surface area (Å²) in [5.74, 6) is -0.343. The Bertz CT molecular complexity index is 674. The van der Waals surface area contributed by atoms with Crippen LogP contribution in [0.5, 0.6) is 0 Å². The molecule has 0 aliphatic heterocycles. The van der Waals surface area contributed by atoms with E-state index in [4.69, 9.17) is 0 Å². The molecule has 20 heavy (non-hydrogen) atoms. The molecule has 7 heteroatoms. The molecule has 1 heterocycles. The molecular formula is C13H11BrN2O3S. The fourth-order valence-electron chi connectivity index (χ4n) is 1.76. The van der Waals surface area contributed by atoms with Gasteiger partial charge in [-0.1, -0.05) is 27.3 Å². The summed E-state index contributed by atoms with van der Waals surface area (Å²) >= 11 is 4.32. The number of anilines is 1. The van der Waals surface area contributed by atoms with E-state index in [0.29, 0.717) is 10.6 Å². The van der Waals surface area contributed by atoms with Crippen molar-refractivity contribution >= 4 is 43.9 Å². The van der Waals surface area contributed by atoms with Crippen LogP contribution < -0.4 is 5.32 Å². The summed E-state index contributed by atoms with van der Waals surface area (Å²) in [7, 11) is 0. The van der Waals surface area contributed by atoms with E-state index in [9.17, 15) is 14.9 Å². The van der Waals surface area contributed by atoms with Gasteiger partial charge in [0, 0.05) is 16.2 Å². The van der Waals surface area contributed by atoms with E-state index in [-0.39, 0.29) is 10.9 Å². The second kappa shape index (κ2) is 5.72. The third-order valence-electron chi connectivity index (χ3n) is 2.69. The third kappa shape index (κ3) is 3.05. The average molecular weight is 355 g/mol. The number of thiophene rings is 1. The molecule has 104 valence electrons. The van der Waals surface area contributed by atoms with Gasteiger partial charge in [-0.2, -0.15) is 0 Å². The number of hydrogen-bond acceptors (Lipinski definition) is 4. The van der Waals surface area contributed by atoms with Gasteiger partial charge < -0.3 is 5.32 Å². The molecule has 2 aromatic rings. The van der Waals surface area contributed by atoms with Gasteiger partial charge in [-0.15, -0.1) is 0 Å². The van der Waals surface area contributed by atoms with E-state index in [1.54, 1.807) is 0 Å². The first kappa shape index (κ1) is 14.7. The number of carbonyl (C=O) groups excluding carboxylic acids is 1. The SMILES string of the molecule is Cc1cc(NC(=O)c2ccc([N+](=O)[O-])s2)cc(C)c1Br. The number of benzene rings is 1. The number of nitrogens with zero attached hydrogens (tertiary/aromatic N) is 1. The van der Waals surface area contributed by atoms with Gasteiger partial charge in [0.25, 0.3) is 5.91 Å². The summed E-state index contributed by atoms with van der Waals surface area (Å²) in [5, 5.41) is 13.3. The number of amides is 1. The molecule has 0 saturated carbocycles. The first-order valence-electron chi connectivity index (χ1n) is 5.71. The Balaban J connectivity index is 2.21. The maximum atomic E-state index is 12.0. The van der Waals surface area contributed by atoms with Crippen LogP contribution in [0.2, 0.25) is 0 Å². The maximum absolute atomic E-state index is 12.0. The Labute approximate surface area is 127 Å². The van der Waals surface area contributed by atoms with E-state index in [0.717, 1.165) is 26.9 Å². The molecule has 0 bridgehead atoms. The molecule has 0 fully saturated rings. The zero-order valence-electron chi connectivity index (χ0n) is 10.8. The van der Waals surface area contributed by atoms with Crippen LogP contribution in [0.3, 0.4) is 0 Å². The van der Waals surface area contributed by atoms with Gasteiger partial charge in [-0.25, -0.2) is 0 Å². The van der Waals surface area contributed by atoms with Crippen molar-refractivity contribution in [2.75, 3.05) is 5.32 Å². The molecule has 0 atom stereocenters. The summed E-state index contributed by atoms with van der Waals surface area (Å²) < 4.78 is 1.00. The Morgan fingerprint density at radius 3 is 2.40 bits per heavy atom. The van der Waals surface area contributed by atoms with Crippen molar-refractivity contribution in [1.29, 1.82) is 0 Å². The van der Waals surface area contributed by atoms with Crippen LogP contribution in [0, 0.1) is 24.0 Å². The van der Waals surface area contributed by atoms with Crippen molar-refractivity contribution in [2.24, 2.45) is 0 Å².